The summed E-state index contributed by atoms with van der Waals surface area (Å²) < 4.78 is 5.38. The molecule has 1 saturated heterocycles. The number of pyridine rings is 1. The van der Waals surface area contributed by atoms with E-state index < -0.39 is 0 Å². The lowest BCUT2D eigenvalue weighted by Crippen LogP contribution is -2.36. The highest BCUT2D eigenvalue weighted by Crippen LogP contribution is 2.15. The zero-order chi connectivity index (χ0) is 15.2. The van der Waals surface area contributed by atoms with Gasteiger partial charge in [0.25, 0.3) is 0 Å². The van der Waals surface area contributed by atoms with Gasteiger partial charge in [0.2, 0.25) is 0 Å². The summed E-state index contributed by atoms with van der Waals surface area (Å²) in [7, 11) is 8.02. The molecule has 0 spiro atoms. The van der Waals surface area contributed by atoms with E-state index in [0.29, 0.717) is 6.54 Å². The van der Waals surface area contributed by atoms with Crippen LogP contribution in [-0.2, 0) is 11.3 Å². The number of guanidine groups is 1. The maximum atomic E-state index is 5.38. The molecule has 0 aliphatic carbocycles. The SMILES string of the molecule is CN(C)C(=NCc1ccnc(N2CCOCC2)c1)N(C)C. The maximum absolute atomic E-state index is 5.38. The molecule has 0 N–H and O–H groups in total. The van der Waals surface area contributed by atoms with Crippen LogP contribution in [0.15, 0.2) is 23.3 Å². The van der Waals surface area contributed by atoms with Crippen LogP contribution < -0.4 is 4.90 Å². The minimum absolute atomic E-state index is 0.658. The Balaban J connectivity index is 2.08. The molecule has 6 heteroatoms. The standard InChI is InChI=1S/C15H25N5O/c1-18(2)15(19(3)4)17-12-13-5-6-16-14(11-13)20-7-9-21-10-8-20/h5-6,11H,7-10,12H2,1-4H3. The molecule has 116 valence electrons. The number of aliphatic imine (C=N–C) groups is 1. The molecule has 1 fully saturated rings. The van der Waals surface area contributed by atoms with E-state index in [1.54, 1.807) is 0 Å². The second kappa shape index (κ2) is 7.26. The lowest BCUT2D eigenvalue weighted by atomic mass is 10.2. The Bertz CT molecular complexity index is 471. The van der Waals surface area contributed by atoms with Gasteiger partial charge in [-0.1, -0.05) is 0 Å². The third-order valence-electron chi connectivity index (χ3n) is 3.35. The average molecular weight is 291 g/mol. The number of hydrogen-bond acceptors (Lipinski definition) is 4. The molecule has 0 amide bonds. The van der Waals surface area contributed by atoms with E-state index in [-0.39, 0.29) is 0 Å². The smallest absolute Gasteiger partial charge is 0.195 e. The van der Waals surface area contributed by atoms with Crippen LogP contribution in [0.2, 0.25) is 0 Å². The molecule has 1 aliphatic heterocycles. The molecule has 6 nitrogen and oxygen atoms in total. The Morgan fingerprint density at radius 2 is 1.90 bits per heavy atom. The molecule has 21 heavy (non-hydrogen) atoms. The van der Waals surface area contributed by atoms with E-state index >= 15 is 0 Å². The van der Waals surface area contributed by atoms with Crippen molar-refractivity contribution >= 4 is 11.8 Å². The molecule has 2 rings (SSSR count). The Kier molecular flexibility index (Phi) is 5.38. The van der Waals surface area contributed by atoms with Crippen molar-refractivity contribution in [1.82, 2.24) is 14.8 Å². The second-order valence-corrected chi connectivity index (χ2v) is 5.53. The molecular formula is C15H25N5O. The number of ether oxygens (including phenoxy) is 1. The summed E-state index contributed by atoms with van der Waals surface area (Å²) in [5.74, 6) is 1.97. The first-order chi connectivity index (χ1) is 10.1. The van der Waals surface area contributed by atoms with Crippen molar-refractivity contribution in [3.05, 3.63) is 23.9 Å². The lowest BCUT2D eigenvalue weighted by Gasteiger charge is -2.28. The molecule has 0 unspecified atom stereocenters. The summed E-state index contributed by atoms with van der Waals surface area (Å²) in [4.78, 5) is 15.4. The van der Waals surface area contributed by atoms with Crippen LogP contribution in [0.4, 0.5) is 5.82 Å². The molecule has 0 saturated carbocycles. The van der Waals surface area contributed by atoms with Gasteiger partial charge in [0.1, 0.15) is 5.82 Å². The third-order valence-corrected chi connectivity index (χ3v) is 3.35. The maximum Gasteiger partial charge on any atom is 0.195 e. The van der Waals surface area contributed by atoms with Gasteiger partial charge < -0.3 is 19.4 Å². The summed E-state index contributed by atoms with van der Waals surface area (Å²) in [5, 5.41) is 0. The van der Waals surface area contributed by atoms with Crippen LogP contribution >= 0.6 is 0 Å². The fraction of sp³-hybridized carbons (Fsp3) is 0.600. The van der Waals surface area contributed by atoms with Gasteiger partial charge in [-0.15, -0.1) is 0 Å². The molecule has 1 aromatic heterocycles. The van der Waals surface area contributed by atoms with Crippen molar-refractivity contribution in [1.29, 1.82) is 0 Å². The van der Waals surface area contributed by atoms with Gasteiger partial charge >= 0.3 is 0 Å². The first-order valence-corrected chi connectivity index (χ1v) is 7.24. The monoisotopic (exact) mass is 291 g/mol. The highest BCUT2D eigenvalue weighted by molar-refractivity contribution is 5.79. The molecule has 0 aromatic carbocycles. The molecule has 2 heterocycles. The predicted molar refractivity (Wildman–Crippen MR) is 85.8 cm³/mol. The van der Waals surface area contributed by atoms with Crippen molar-refractivity contribution in [2.45, 2.75) is 6.54 Å². The highest BCUT2D eigenvalue weighted by atomic mass is 16.5. The van der Waals surface area contributed by atoms with E-state index in [9.17, 15) is 0 Å². The van der Waals surface area contributed by atoms with E-state index in [4.69, 9.17) is 4.74 Å². The molecule has 0 atom stereocenters. The first kappa shape index (κ1) is 15.6. The summed E-state index contributed by atoms with van der Waals surface area (Å²) in [5.41, 5.74) is 1.17. The Hall–Kier alpha value is -1.82. The number of aromatic nitrogens is 1. The van der Waals surface area contributed by atoms with Gasteiger partial charge in [0, 0.05) is 47.5 Å². The molecule has 0 radical (unpaired) electrons. The van der Waals surface area contributed by atoms with E-state index in [0.717, 1.165) is 38.1 Å². The van der Waals surface area contributed by atoms with Gasteiger partial charge in [0.15, 0.2) is 5.96 Å². The minimum atomic E-state index is 0.658. The largest absolute Gasteiger partial charge is 0.378 e. The van der Waals surface area contributed by atoms with Gasteiger partial charge in [-0.2, -0.15) is 0 Å². The van der Waals surface area contributed by atoms with E-state index in [1.807, 2.05) is 50.3 Å². The van der Waals surface area contributed by atoms with Gasteiger partial charge in [-0.05, 0) is 17.7 Å². The molecular weight excluding hydrogens is 266 g/mol. The number of anilines is 1. The number of hydrogen-bond donors (Lipinski definition) is 0. The fourth-order valence-electron chi connectivity index (χ4n) is 2.37. The van der Waals surface area contributed by atoms with Crippen LogP contribution in [0.25, 0.3) is 0 Å². The zero-order valence-corrected chi connectivity index (χ0v) is 13.4. The topological polar surface area (TPSA) is 44.2 Å². The zero-order valence-electron chi connectivity index (χ0n) is 13.4. The Labute approximate surface area is 127 Å². The van der Waals surface area contributed by atoms with Gasteiger partial charge in [-0.25, -0.2) is 9.98 Å². The first-order valence-electron chi connectivity index (χ1n) is 7.24. The Morgan fingerprint density at radius 1 is 1.24 bits per heavy atom. The van der Waals surface area contributed by atoms with E-state index in [1.165, 1.54) is 5.56 Å². The Morgan fingerprint density at radius 3 is 2.52 bits per heavy atom. The number of morpholine rings is 1. The highest BCUT2D eigenvalue weighted by Gasteiger charge is 2.12. The number of nitrogens with zero attached hydrogens (tertiary/aromatic N) is 5. The lowest BCUT2D eigenvalue weighted by molar-refractivity contribution is 0.122. The van der Waals surface area contributed by atoms with Gasteiger partial charge in [0.05, 0.1) is 19.8 Å². The van der Waals surface area contributed by atoms with Crippen LogP contribution in [0.1, 0.15) is 5.56 Å². The molecule has 1 aromatic rings. The van der Waals surface area contributed by atoms with Crippen LogP contribution in [0.3, 0.4) is 0 Å². The number of rotatable bonds is 3. The summed E-state index contributed by atoms with van der Waals surface area (Å²) in [6.07, 6.45) is 1.86. The minimum Gasteiger partial charge on any atom is -0.378 e. The normalized spacial score (nSPS) is 14.8. The summed E-state index contributed by atoms with van der Waals surface area (Å²) >= 11 is 0. The van der Waals surface area contributed by atoms with Crippen molar-refractivity contribution in [2.75, 3.05) is 59.4 Å². The third kappa shape index (κ3) is 4.32. The molecule has 1 aliphatic rings. The van der Waals surface area contributed by atoms with Crippen LogP contribution in [0, 0.1) is 0 Å². The van der Waals surface area contributed by atoms with E-state index in [2.05, 4.69) is 20.9 Å². The van der Waals surface area contributed by atoms with Crippen LogP contribution in [0.5, 0.6) is 0 Å². The predicted octanol–water partition coefficient (Wildman–Crippen LogP) is 0.897. The second-order valence-electron chi connectivity index (χ2n) is 5.53. The van der Waals surface area contributed by atoms with Crippen molar-refractivity contribution in [2.24, 2.45) is 4.99 Å². The summed E-state index contributed by atoms with van der Waals surface area (Å²) in [6.45, 7) is 4.01. The average Bonchev–Trinajstić information content (AvgIpc) is 2.48. The summed E-state index contributed by atoms with van der Waals surface area (Å²) in [6, 6.07) is 4.15. The van der Waals surface area contributed by atoms with Gasteiger partial charge in [-0.3, -0.25) is 0 Å². The fourth-order valence-corrected chi connectivity index (χ4v) is 2.37. The molecule has 0 bridgehead atoms. The van der Waals surface area contributed by atoms with Crippen LogP contribution in [-0.4, -0.2) is 75.2 Å². The van der Waals surface area contributed by atoms with Crippen molar-refractivity contribution in [3.63, 3.8) is 0 Å². The van der Waals surface area contributed by atoms with Crippen molar-refractivity contribution < 1.29 is 4.74 Å². The quantitative estimate of drug-likeness (QED) is 0.611. The van der Waals surface area contributed by atoms with Crippen molar-refractivity contribution in [3.8, 4) is 0 Å².